The highest BCUT2D eigenvalue weighted by atomic mass is 16.5. The molecule has 2 aromatic carbocycles. The second-order valence-corrected chi connectivity index (χ2v) is 5.52. The van der Waals surface area contributed by atoms with Gasteiger partial charge >= 0.3 is 5.97 Å². The van der Waals surface area contributed by atoms with Crippen LogP contribution in [0.3, 0.4) is 0 Å². The van der Waals surface area contributed by atoms with Crippen molar-refractivity contribution in [2.24, 2.45) is 0 Å². The van der Waals surface area contributed by atoms with Gasteiger partial charge in [-0.15, -0.1) is 0 Å². The van der Waals surface area contributed by atoms with E-state index in [2.05, 4.69) is 0 Å². The first-order chi connectivity index (χ1) is 12.0. The van der Waals surface area contributed by atoms with Crippen LogP contribution < -0.4 is 9.64 Å². The van der Waals surface area contributed by atoms with E-state index in [-0.39, 0.29) is 12.1 Å². The highest BCUT2D eigenvalue weighted by Crippen LogP contribution is 2.31. The highest BCUT2D eigenvalue weighted by molar-refractivity contribution is 6.52. The molecule has 3 rings (SSSR count). The maximum absolute atomic E-state index is 12.3. The molecule has 0 bridgehead atoms. The minimum atomic E-state index is -1.08. The van der Waals surface area contributed by atoms with Crippen LogP contribution in [0.5, 0.6) is 5.75 Å². The summed E-state index contributed by atoms with van der Waals surface area (Å²) >= 11 is 0. The van der Waals surface area contributed by atoms with E-state index in [0.29, 0.717) is 17.0 Å². The summed E-state index contributed by atoms with van der Waals surface area (Å²) in [5.41, 5.74) is 2.22. The first kappa shape index (κ1) is 16.4. The van der Waals surface area contributed by atoms with Crippen LogP contribution in [0.4, 0.5) is 5.69 Å². The lowest BCUT2D eigenvalue weighted by molar-refractivity contribution is -0.131. The second kappa shape index (κ2) is 6.60. The first-order valence-electron chi connectivity index (χ1n) is 7.54. The van der Waals surface area contributed by atoms with Crippen molar-refractivity contribution in [2.45, 2.75) is 6.54 Å². The molecule has 0 unspecified atom stereocenters. The van der Waals surface area contributed by atoms with Crippen molar-refractivity contribution >= 4 is 29.4 Å². The van der Waals surface area contributed by atoms with Crippen LogP contribution in [-0.4, -0.2) is 29.9 Å². The number of fused-ring (bicyclic) bond motifs is 1. The molecule has 25 heavy (non-hydrogen) atoms. The predicted octanol–water partition coefficient (Wildman–Crippen LogP) is 2.52. The molecule has 0 saturated heterocycles. The van der Waals surface area contributed by atoms with E-state index in [1.54, 1.807) is 31.4 Å². The number of benzene rings is 2. The fraction of sp³-hybridized carbons (Fsp3) is 0.105. The number of methoxy groups -OCH3 is 1. The highest BCUT2D eigenvalue weighted by Gasteiger charge is 2.35. The Balaban J connectivity index is 1.89. The summed E-state index contributed by atoms with van der Waals surface area (Å²) in [6.45, 7) is 0.270. The molecular formula is C19H15NO5. The van der Waals surface area contributed by atoms with E-state index in [9.17, 15) is 14.4 Å². The molecule has 1 aliphatic heterocycles. The van der Waals surface area contributed by atoms with Crippen molar-refractivity contribution in [3.05, 3.63) is 65.2 Å². The SMILES string of the molecule is COc1ccc(CN2C(=O)C(=O)c3cc(/C=C/C(=O)O)ccc32)cc1. The lowest BCUT2D eigenvalue weighted by atomic mass is 10.1. The van der Waals surface area contributed by atoms with E-state index in [1.807, 2.05) is 12.1 Å². The lowest BCUT2D eigenvalue weighted by Crippen LogP contribution is -2.29. The number of carbonyl (C=O) groups excluding carboxylic acids is 2. The van der Waals surface area contributed by atoms with Crippen LogP contribution >= 0.6 is 0 Å². The third-order valence-electron chi connectivity index (χ3n) is 3.91. The molecule has 6 heteroatoms. The molecule has 1 amide bonds. The Kier molecular flexibility index (Phi) is 4.35. The summed E-state index contributed by atoms with van der Waals surface area (Å²) in [6.07, 6.45) is 2.37. The number of ketones is 1. The van der Waals surface area contributed by atoms with Gasteiger partial charge in [-0.3, -0.25) is 9.59 Å². The molecule has 0 spiro atoms. The van der Waals surface area contributed by atoms with Gasteiger partial charge in [-0.05, 0) is 41.5 Å². The third kappa shape index (κ3) is 3.28. The maximum Gasteiger partial charge on any atom is 0.328 e. The van der Waals surface area contributed by atoms with Gasteiger partial charge in [0.2, 0.25) is 0 Å². The van der Waals surface area contributed by atoms with Crippen molar-refractivity contribution in [2.75, 3.05) is 12.0 Å². The van der Waals surface area contributed by atoms with E-state index in [4.69, 9.17) is 9.84 Å². The molecule has 0 fully saturated rings. The number of carboxylic acid groups (broad SMARTS) is 1. The van der Waals surface area contributed by atoms with Crippen molar-refractivity contribution in [1.29, 1.82) is 0 Å². The average molecular weight is 337 g/mol. The fourth-order valence-corrected chi connectivity index (χ4v) is 2.66. The van der Waals surface area contributed by atoms with Crippen LogP contribution in [0.15, 0.2) is 48.5 Å². The molecule has 126 valence electrons. The van der Waals surface area contributed by atoms with Gasteiger partial charge in [0.15, 0.2) is 0 Å². The van der Waals surface area contributed by atoms with E-state index >= 15 is 0 Å². The summed E-state index contributed by atoms with van der Waals surface area (Å²) in [4.78, 5) is 36.6. The van der Waals surface area contributed by atoms with E-state index < -0.39 is 17.7 Å². The summed E-state index contributed by atoms with van der Waals surface area (Å²) in [6, 6.07) is 12.1. The van der Waals surface area contributed by atoms with Crippen LogP contribution in [-0.2, 0) is 16.1 Å². The Labute approximate surface area is 143 Å². The summed E-state index contributed by atoms with van der Waals surface area (Å²) in [5, 5.41) is 8.68. The minimum Gasteiger partial charge on any atom is -0.497 e. The number of carboxylic acids is 1. The van der Waals surface area contributed by atoms with Crippen LogP contribution in [0.2, 0.25) is 0 Å². The summed E-state index contributed by atoms with van der Waals surface area (Å²) in [5.74, 6) is -1.55. The molecule has 0 aromatic heterocycles. The number of carbonyl (C=O) groups is 3. The normalized spacial score (nSPS) is 13.4. The second-order valence-electron chi connectivity index (χ2n) is 5.52. The van der Waals surface area contributed by atoms with Crippen molar-refractivity contribution in [3.8, 4) is 5.75 Å². The Morgan fingerprint density at radius 2 is 1.88 bits per heavy atom. The topological polar surface area (TPSA) is 83.9 Å². The van der Waals surface area contributed by atoms with E-state index in [1.165, 1.54) is 17.0 Å². The fourth-order valence-electron chi connectivity index (χ4n) is 2.66. The molecule has 1 heterocycles. The van der Waals surface area contributed by atoms with Crippen molar-refractivity contribution < 1.29 is 24.2 Å². The molecule has 0 radical (unpaired) electrons. The number of anilines is 1. The molecule has 1 N–H and O–H groups in total. The van der Waals surface area contributed by atoms with Gasteiger partial charge in [0.25, 0.3) is 11.7 Å². The molecular weight excluding hydrogens is 322 g/mol. The molecule has 0 atom stereocenters. The Bertz CT molecular complexity index is 883. The molecule has 0 aliphatic carbocycles. The van der Waals surface area contributed by atoms with E-state index in [0.717, 1.165) is 11.6 Å². The molecule has 1 aliphatic rings. The Morgan fingerprint density at radius 1 is 1.16 bits per heavy atom. The Hall–Kier alpha value is -3.41. The molecule has 2 aromatic rings. The van der Waals surface area contributed by atoms with Gasteiger partial charge in [-0.2, -0.15) is 0 Å². The van der Waals surface area contributed by atoms with Gasteiger partial charge in [-0.25, -0.2) is 4.79 Å². The number of Topliss-reactive ketones (excluding diaryl/α,β-unsaturated/α-hetero) is 1. The number of rotatable bonds is 5. The zero-order valence-electron chi connectivity index (χ0n) is 13.4. The Morgan fingerprint density at radius 3 is 2.52 bits per heavy atom. The predicted molar refractivity (Wildman–Crippen MR) is 91.6 cm³/mol. The number of hydrogen-bond acceptors (Lipinski definition) is 4. The number of ether oxygens (including phenoxy) is 1. The monoisotopic (exact) mass is 337 g/mol. The quantitative estimate of drug-likeness (QED) is 0.669. The van der Waals surface area contributed by atoms with Crippen molar-refractivity contribution in [1.82, 2.24) is 0 Å². The van der Waals surface area contributed by atoms with Crippen LogP contribution in [0, 0.1) is 0 Å². The minimum absolute atomic E-state index is 0.270. The van der Waals surface area contributed by atoms with Crippen LogP contribution in [0.1, 0.15) is 21.5 Å². The van der Waals surface area contributed by atoms with Crippen LogP contribution in [0.25, 0.3) is 6.08 Å². The average Bonchev–Trinajstić information content (AvgIpc) is 2.85. The molecule has 0 saturated carbocycles. The van der Waals surface area contributed by atoms with Gasteiger partial charge in [0, 0.05) is 6.08 Å². The van der Waals surface area contributed by atoms with Gasteiger partial charge in [0.1, 0.15) is 5.75 Å². The smallest absolute Gasteiger partial charge is 0.328 e. The number of amides is 1. The van der Waals surface area contributed by atoms with Gasteiger partial charge in [0.05, 0.1) is 24.9 Å². The standard InChI is InChI=1S/C19H15NO5/c1-25-14-6-2-13(3-7-14)11-20-16-8-4-12(5-9-17(21)22)10-15(16)18(23)19(20)24/h2-10H,11H2,1H3,(H,21,22)/b9-5+. The van der Waals surface area contributed by atoms with Crippen molar-refractivity contribution in [3.63, 3.8) is 0 Å². The zero-order valence-corrected chi connectivity index (χ0v) is 13.4. The lowest BCUT2D eigenvalue weighted by Gasteiger charge is -2.17. The summed E-state index contributed by atoms with van der Waals surface area (Å²) in [7, 11) is 1.57. The summed E-state index contributed by atoms with van der Waals surface area (Å²) < 4.78 is 5.10. The number of nitrogens with zero attached hydrogens (tertiary/aromatic N) is 1. The first-order valence-corrected chi connectivity index (χ1v) is 7.54. The van der Waals surface area contributed by atoms with Gasteiger partial charge in [-0.1, -0.05) is 18.2 Å². The number of aliphatic carboxylic acids is 1. The zero-order chi connectivity index (χ0) is 18.0. The molecule has 6 nitrogen and oxygen atoms in total. The maximum atomic E-state index is 12.3. The van der Waals surface area contributed by atoms with Gasteiger partial charge < -0.3 is 14.7 Å². The largest absolute Gasteiger partial charge is 0.497 e. The third-order valence-corrected chi connectivity index (χ3v) is 3.91. The number of hydrogen-bond donors (Lipinski definition) is 1.